The molecule has 0 radical (unpaired) electrons. The molecule has 0 bridgehead atoms. The monoisotopic (exact) mass is 210 g/mol. The predicted molar refractivity (Wildman–Crippen MR) is 62.9 cm³/mol. The second-order valence-electron chi connectivity index (χ2n) is 3.32. The molecule has 14 heavy (non-hydrogen) atoms. The summed E-state index contributed by atoms with van der Waals surface area (Å²) in [4.78, 5) is 1.33. The Kier molecular flexibility index (Phi) is 5.72. The van der Waals surface area contributed by atoms with Crippen molar-refractivity contribution in [3.05, 3.63) is 29.8 Å². The Morgan fingerprint density at radius 3 is 2.50 bits per heavy atom. The molecule has 0 aliphatic carbocycles. The number of thioether (sulfide) groups is 1. The van der Waals surface area contributed by atoms with Crippen molar-refractivity contribution in [1.82, 2.24) is 0 Å². The minimum absolute atomic E-state index is 0.238. The summed E-state index contributed by atoms with van der Waals surface area (Å²) in [6, 6.07) is 8.49. The Morgan fingerprint density at radius 2 is 1.93 bits per heavy atom. The highest BCUT2D eigenvalue weighted by Gasteiger charge is 1.94. The van der Waals surface area contributed by atoms with Gasteiger partial charge in [-0.25, -0.2) is 0 Å². The summed E-state index contributed by atoms with van der Waals surface area (Å²) >= 11 is 1.91. The molecule has 0 heterocycles. The van der Waals surface area contributed by atoms with Crippen LogP contribution in [-0.4, -0.2) is 17.5 Å². The van der Waals surface area contributed by atoms with Crippen molar-refractivity contribution in [1.29, 1.82) is 0 Å². The van der Waals surface area contributed by atoms with Gasteiger partial charge in [0.1, 0.15) is 0 Å². The zero-order valence-corrected chi connectivity index (χ0v) is 9.52. The standard InChI is InChI=1S/C12H18OS/c1-2-3-10-14-12-6-4-11(5-7-12)8-9-13/h4-7,13H,2-3,8-10H2,1H3. The Bertz CT molecular complexity index is 243. The number of aliphatic hydroxyl groups excluding tert-OH is 1. The number of aliphatic hydroxyl groups is 1. The topological polar surface area (TPSA) is 20.2 Å². The first kappa shape index (κ1) is 11.6. The molecular formula is C12H18OS. The zero-order chi connectivity index (χ0) is 10.2. The van der Waals surface area contributed by atoms with Crippen LogP contribution in [0.3, 0.4) is 0 Å². The van der Waals surface area contributed by atoms with E-state index in [1.165, 1.54) is 29.1 Å². The fraction of sp³-hybridized carbons (Fsp3) is 0.500. The summed E-state index contributed by atoms with van der Waals surface area (Å²) in [5, 5.41) is 8.76. The number of rotatable bonds is 6. The molecule has 1 rings (SSSR count). The van der Waals surface area contributed by atoms with Gasteiger partial charge in [-0.3, -0.25) is 0 Å². The van der Waals surface area contributed by atoms with Gasteiger partial charge in [0.25, 0.3) is 0 Å². The van der Waals surface area contributed by atoms with Crippen molar-refractivity contribution < 1.29 is 5.11 Å². The average molecular weight is 210 g/mol. The van der Waals surface area contributed by atoms with E-state index < -0.39 is 0 Å². The molecule has 0 aliphatic rings. The first-order valence-electron chi connectivity index (χ1n) is 5.19. The highest BCUT2D eigenvalue weighted by Crippen LogP contribution is 2.19. The fourth-order valence-electron chi connectivity index (χ4n) is 1.22. The average Bonchev–Trinajstić information content (AvgIpc) is 2.21. The summed E-state index contributed by atoms with van der Waals surface area (Å²) in [7, 11) is 0. The van der Waals surface area contributed by atoms with Crippen LogP contribution >= 0.6 is 11.8 Å². The number of unbranched alkanes of at least 4 members (excludes halogenated alkanes) is 1. The number of hydrogen-bond donors (Lipinski definition) is 1. The van der Waals surface area contributed by atoms with Gasteiger partial charge in [-0.05, 0) is 36.3 Å². The van der Waals surface area contributed by atoms with Crippen LogP contribution in [-0.2, 0) is 6.42 Å². The van der Waals surface area contributed by atoms with Gasteiger partial charge < -0.3 is 5.11 Å². The lowest BCUT2D eigenvalue weighted by atomic mass is 10.2. The van der Waals surface area contributed by atoms with Crippen molar-refractivity contribution in [2.24, 2.45) is 0 Å². The van der Waals surface area contributed by atoms with E-state index in [4.69, 9.17) is 5.11 Å². The molecule has 0 amide bonds. The molecule has 0 saturated heterocycles. The molecule has 0 fully saturated rings. The van der Waals surface area contributed by atoms with Crippen LogP contribution < -0.4 is 0 Å². The first-order valence-corrected chi connectivity index (χ1v) is 6.18. The van der Waals surface area contributed by atoms with Gasteiger partial charge in [0.15, 0.2) is 0 Å². The minimum atomic E-state index is 0.238. The molecule has 0 aliphatic heterocycles. The van der Waals surface area contributed by atoms with Crippen LogP contribution in [0.4, 0.5) is 0 Å². The van der Waals surface area contributed by atoms with Crippen LogP contribution in [0.2, 0.25) is 0 Å². The van der Waals surface area contributed by atoms with Crippen LogP contribution in [0.15, 0.2) is 29.2 Å². The molecule has 78 valence electrons. The molecule has 1 aromatic carbocycles. The normalized spacial score (nSPS) is 10.4. The third-order valence-electron chi connectivity index (χ3n) is 2.09. The molecule has 1 aromatic rings. The smallest absolute Gasteiger partial charge is 0.0471 e. The van der Waals surface area contributed by atoms with Gasteiger partial charge in [-0.1, -0.05) is 25.5 Å². The lowest BCUT2D eigenvalue weighted by Crippen LogP contribution is -1.89. The molecule has 0 spiro atoms. The van der Waals surface area contributed by atoms with E-state index in [0.29, 0.717) is 0 Å². The SMILES string of the molecule is CCCCSc1ccc(CCO)cc1. The second-order valence-corrected chi connectivity index (χ2v) is 4.49. The zero-order valence-electron chi connectivity index (χ0n) is 8.70. The van der Waals surface area contributed by atoms with Gasteiger partial charge in [0.05, 0.1) is 0 Å². The third-order valence-corrected chi connectivity index (χ3v) is 3.19. The summed E-state index contributed by atoms with van der Waals surface area (Å²) in [6.45, 7) is 2.45. The largest absolute Gasteiger partial charge is 0.396 e. The summed E-state index contributed by atoms with van der Waals surface area (Å²) < 4.78 is 0. The summed E-state index contributed by atoms with van der Waals surface area (Å²) in [5.74, 6) is 1.20. The third kappa shape index (κ3) is 4.16. The molecule has 0 saturated carbocycles. The Labute approximate surface area is 90.5 Å². The van der Waals surface area contributed by atoms with Crippen molar-refractivity contribution >= 4 is 11.8 Å². The highest BCUT2D eigenvalue weighted by molar-refractivity contribution is 7.99. The quantitative estimate of drug-likeness (QED) is 0.575. The van der Waals surface area contributed by atoms with Crippen molar-refractivity contribution in [2.75, 3.05) is 12.4 Å². The number of benzene rings is 1. The van der Waals surface area contributed by atoms with Gasteiger partial charge in [-0.2, -0.15) is 0 Å². The highest BCUT2D eigenvalue weighted by atomic mass is 32.2. The first-order chi connectivity index (χ1) is 6.86. The van der Waals surface area contributed by atoms with E-state index in [9.17, 15) is 0 Å². The second kappa shape index (κ2) is 6.91. The van der Waals surface area contributed by atoms with Crippen LogP contribution in [0.25, 0.3) is 0 Å². The summed E-state index contributed by atoms with van der Waals surface area (Å²) in [5.41, 5.74) is 1.22. The molecule has 0 unspecified atom stereocenters. The Morgan fingerprint density at radius 1 is 1.21 bits per heavy atom. The van der Waals surface area contributed by atoms with Crippen LogP contribution in [0.1, 0.15) is 25.3 Å². The van der Waals surface area contributed by atoms with E-state index in [0.717, 1.165) is 6.42 Å². The molecule has 2 heteroatoms. The van der Waals surface area contributed by atoms with Crippen molar-refractivity contribution in [2.45, 2.75) is 31.1 Å². The van der Waals surface area contributed by atoms with E-state index in [-0.39, 0.29) is 6.61 Å². The van der Waals surface area contributed by atoms with Crippen LogP contribution in [0.5, 0.6) is 0 Å². The minimum Gasteiger partial charge on any atom is -0.396 e. The molecule has 1 nitrogen and oxygen atoms in total. The van der Waals surface area contributed by atoms with Crippen molar-refractivity contribution in [3.63, 3.8) is 0 Å². The van der Waals surface area contributed by atoms with Gasteiger partial charge in [-0.15, -0.1) is 11.8 Å². The molecule has 1 N–H and O–H groups in total. The molecule has 0 aromatic heterocycles. The van der Waals surface area contributed by atoms with E-state index in [1.807, 2.05) is 11.8 Å². The van der Waals surface area contributed by atoms with Gasteiger partial charge >= 0.3 is 0 Å². The lowest BCUT2D eigenvalue weighted by Gasteiger charge is -2.02. The lowest BCUT2D eigenvalue weighted by molar-refractivity contribution is 0.299. The molecular weight excluding hydrogens is 192 g/mol. The van der Waals surface area contributed by atoms with Gasteiger partial charge in [0, 0.05) is 11.5 Å². The fourth-order valence-corrected chi connectivity index (χ4v) is 2.21. The maximum Gasteiger partial charge on any atom is 0.0471 e. The maximum atomic E-state index is 8.76. The molecule has 0 atom stereocenters. The Hall–Kier alpha value is -0.470. The van der Waals surface area contributed by atoms with Gasteiger partial charge in [0.2, 0.25) is 0 Å². The summed E-state index contributed by atoms with van der Waals surface area (Å²) in [6.07, 6.45) is 3.30. The van der Waals surface area contributed by atoms with E-state index >= 15 is 0 Å². The van der Waals surface area contributed by atoms with E-state index in [2.05, 4.69) is 31.2 Å². The van der Waals surface area contributed by atoms with Crippen LogP contribution in [0, 0.1) is 0 Å². The number of hydrogen-bond acceptors (Lipinski definition) is 2. The predicted octanol–water partition coefficient (Wildman–Crippen LogP) is 3.11. The van der Waals surface area contributed by atoms with Crippen molar-refractivity contribution in [3.8, 4) is 0 Å². The Balaban J connectivity index is 2.38. The van der Waals surface area contributed by atoms with E-state index in [1.54, 1.807) is 0 Å². The maximum absolute atomic E-state index is 8.76.